The molecule has 0 fully saturated rings. The Labute approximate surface area is 208 Å². The van der Waals surface area contributed by atoms with Gasteiger partial charge in [-0.1, -0.05) is 50.0 Å². The van der Waals surface area contributed by atoms with Gasteiger partial charge in [-0.2, -0.15) is 13.2 Å². The predicted octanol–water partition coefficient (Wildman–Crippen LogP) is 6.43. The van der Waals surface area contributed by atoms with E-state index in [-0.39, 0.29) is 31.6 Å². The summed E-state index contributed by atoms with van der Waals surface area (Å²) in [5, 5.41) is 0. The number of hydrogen-bond acceptors (Lipinski definition) is 4. The molecule has 2 rings (SSSR count). The maximum Gasteiger partial charge on any atom is 0.422 e. The van der Waals surface area contributed by atoms with Gasteiger partial charge in [0, 0.05) is 15.1 Å². The van der Waals surface area contributed by atoms with Crippen molar-refractivity contribution >= 4 is 20.1 Å². The third-order valence-corrected chi connectivity index (χ3v) is 7.13. The van der Waals surface area contributed by atoms with Crippen molar-refractivity contribution in [3.05, 3.63) is 70.8 Å². The first-order valence-electron chi connectivity index (χ1n) is 11.3. The average molecular weight is 532 g/mol. The van der Waals surface area contributed by atoms with Crippen molar-refractivity contribution in [3.8, 4) is 0 Å². The van der Waals surface area contributed by atoms with Gasteiger partial charge >= 0.3 is 18.2 Å². The highest BCUT2D eigenvalue weighted by molar-refractivity contribution is 6.76. The van der Waals surface area contributed by atoms with Gasteiger partial charge in [0.2, 0.25) is 0 Å². The zero-order chi connectivity index (χ0) is 27.1. The molecule has 0 radical (unpaired) electrons. The Hall–Kier alpha value is -2.95. The maximum absolute atomic E-state index is 14.0. The van der Waals surface area contributed by atoms with E-state index >= 15 is 0 Å². The van der Waals surface area contributed by atoms with Crippen molar-refractivity contribution in [2.24, 2.45) is 0 Å². The highest BCUT2D eigenvalue weighted by Gasteiger charge is 2.38. The van der Waals surface area contributed by atoms with Crippen LogP contribution in [0.2, 0.25) is 25.7 Å². The maximum atomic E-state index is 14.0. The van der Waals surface area contributed by atoms with E-state index in [0.717, 1.165) is 4.90 Å². The predicted molar refractivity (Wildman–Crippen MR) is 127 cm³/mol. The first kappa shape index (κ1) is 29.3. The summed E-state index contributed by atoms with van der Waals surface area (Å²) in [6.45, 7) is 6.42. The van der Waals surface area contributed by atoms with E-state index in [4.69, 9.17) is 9.47 Å². The van der Waals surface area contributed by atoms with E-state index in [1.807, 2.05) is 0 Å². The van der Waals surface area contributed by atoms with Gasteiger partial charge in [-0.15, -0.1) is 0 Å². The number of alkyl halides is 3. The fourth-order valence-electron chi connectivity index (χ4n) is 3.31. The Bertz CT molecular complexity index is 1020. The molecule has 1 unspecified atom stereocenters. The van der Waals surface area contributed by atoms with E-state index < -0.39 is 49.6 Å². The minimum Gasteiger partial charge on any atom is -0.459 e. The molecule has 5 nitrogen and oxygen atoms in total. The fourth-order valence-corrected chi connectivity index (χ4v) is 4.03. The number of halogens is 5. The Balaban J connectivity index is 2.17. The van der Waals surface area contributed by atoms with Crippen molar-refractivity contribution in [3.63, 3.8) is 0 Å². The lowest BCUT2D eigenvalue weighted by Gasteiger charge is -2.27. The standard InChI is InChI=1S/C25H30F5NO4Si/c1-31(24(33)34-12-13-36(2,3)4)21(23(32)35-16-17-8-6-5-7-9-17)11-10-18-14-19(26)22(20(27)15-18)25(28,29)30/h5-9,14-15,21H,10-13,16H2,1-4H3. The second kappa shape index (κ2) is 12.3. The second-order valence-electron chi connectivity index (χ2n) is 9.62. The van der Waals surface area contributed by atoms with Gasteiger partial charge in [-0.3, -0.25) is 4.90 Å². The van der Waals surface area contributed by atoms with Crippen molar-refractivity contribution in [2.75, 3.05) is 13.7 Å². The molecule has 0 aliphatic carbocycles. The zero-order valence-corrected chi connectivity index (χ0v) is 21.6. The Morgan fingerprint density at radius 3 is 2.08 bits per heavy atom. The molecule has 198 valence electrons. The van der Waals surface area contributed by atoms with Crippen LogP contribution in [0.25, 0.3) is 0 Å². The number of carbonyl (C=O) groups is 2. The third-order valence-electron chi connectivity index (χ3n) is 5.42. The molecule has 0 aromatic heterocycles. The molecule has 2 aromatic rings. The molecule has 0 saturated carbocycles. The molecule has 2 aromatic carbocycles. The summed E-state index contributed by atoms with van der Waals surface area (Å²) < 4.78 is 77.2. The smallest absolute Gasteiger partial charge is 0.422 e. The van der Waals surface area contributed by atoms with E-state index in [1.165, 1.54) is 7.05 Å². The Kier molecular flexibility index (Phi) is 10.0. The number of ether oxygens (including phenoxy) is 2. The van der Waals surface area contributed by atoms with Crippen molar-refractivity contribution in [1.82, 2.24) is 4.90 Å². The van der Waals surface area contributed by atoms with Gasteiger partial charge in [-0.25, -0.2) is 18.4 Å². The van der Waals surface area contributed by atoms with E-state index in [1.54, 1.807) is 30.3 Å². The normalized spacial score (nSPS) is 12.7. The van der Waals surface area contributed by atoms with Crippen molar-refractivity contribution in [2.45, 2.75) is 57.4 Å². The molecule has 0 N–H and O–H groups in total. The summed E-state index contributed by atoms with van der Waals surface area (Å²) in [6, 6.07) is 9.46. The number of esters is 1. The number of likely N-dealkylation sites (N-methyl/N-ethyl adjacent to an activating group) is 1. The van der Waals surface area contributed by atoms with Crippen molar-refractivity contribution in [1.29, 1.82) is 0 Å². The molecule has 0 spiro atoms. The molecule has 0 saturated heterocycles. The van der Waals surface area contributed by atoms with Crippen LogP contribution in [0.3, 0.4) is 0 Å². The summed E-state index contributed by atoms with van der Waals surface area (Å²) in [5.74, 6) is -4.28. The average Bonchev–Trinajstić information content (AvgIpc) is 2.76. The molecule has 1 atom stereocenters. The van der Waals surface area contributed by atoms with Crippen LogP contribution in [-0.2, 0) is 33.5 Å². The van der Waals surface area contributed by atoms with Crippen LogP contribution in [0, 0.1) is 11.6 Å². The van der Waals surface area contributed by atoms with Gasteiger partial charge in [0.25, 0.3) is 0 Å². The van der Waals surface area contributed by atoms with Gasteiger partial charge in [0.15, 0.2) is 0 Å². The third kappa shape index (κ3) is 8.92. The summed E-state index contributed by atoms with van der Waals surface area (Å²) in [7, 11) is -0.152. The monoisotopic (exact) mass is 531 g/mol. The van der Waals surface area contributed by atoms with Crippen LogP contribution >= 0.6 is 0 Å². The van der Waals surface area contributed by atoms with Crippen molar-refractivity contribution < 1.29 is 41.0 Å². The largest absolute Gasteiger partial charge is 0.459 e. The minimum absolute atomic E-state index is 0.0712. The molecule has 1 amide bonds. The van der Waals surface area contributed by atoms with Crippen LogP contribution in [0.1, 0.15) is 23.1 Å². The molecule has 11 heteroatoms. The first-order valence-corrected chi connectivity index (χ1v) is 15.0. The number of amides is 1. The number of nitrogens with zero attached hydrogens (tertiary/aromatic N) is 1. The lowest BCUT2D eigenvalue weighted by molar-refractivity contribution is -0.150. The van der Waals surface area contributed by atoms with E-state index in [2.05, 4.69) is 19.6 Å². The summed E-state index contributed by atoms with van der Waals surface area (Å²) in [5.41, 5.74) is -1.37. The van der Waals surface area contributed by atoms with E-state index in [0.29, 0.717) is 23.7 Å². The van der Waals surface area contributed by atoms with Crippen LogP contribution < -0.4 is 0 Å². The number of benzene rings is 2. The molecule has 36 heavy (non-hydrogen) atoms. The Morgan fingerprint density at radius 1 is 0.972 bits per heavy atom. The van der Waals surface area contributed by atoms with Crippen LogP contribution in [0.15, 0.2) is 42.5 Å². The van der Waals surface area contributed by atoms with Crippen LogP contribution in [0.5, 0.6) is 0 Å². The molecular weight excluding hydrogens is 501 g/mol. The number of aryl methyl sites for hydroxylation is 1. The summed E-state index contributed by atoms with van der Waals surface area (Å²) in [4.78, 5) is 26.5. The number of carbonyl (C=O) groups excluding carboxylic acids is 2. The lowest BCUT2D eigenvalue weighted by Crippen LogP contribution is -2.44. The SMILES string of the molecule is CN(C(=O)OCC[Si](C)(C)C)C(CCc1cc(F)c(C(F)(F)F)c(F)c1)C(=O)OCc1ccccc1. The van der Waals surface area contributed by atoms with Crippen LogP contribution in [0.4, 0.5) is 26.7 Å². The highest BCUT2D eigenvalue weighted by Crippen LogP contribution is 2.34. The molecular formula is C25H30F5NO4Si. The van der Waals surface area contributed by atoms with Gasteiger partial charge in [-0.05, 0) is 42.1 Å². The van der Waals surface area contributed by atoms with Gasteiger partial charge < -0.3 is 9.47 Å². The Morgan fingerprint density at radius 2 is 1.56 bits per heavy atom. The number of rotatable bonds is 10. The topological polar surface area (TPSA) is 55.8 Å². The van der Waals surface area contributed by atoms with Crippen LogP contribution in [-0.4, -0.2) is 44.7 Å². The summed E-state index contributed by atoms with van der Waals surface area (Å²) >= 11 is 0. The fraction of sp³-hybridized carbons (Fsp3) is 0.440. The molecule has 0 aliphatic heterocycles. The zero-order valence-electron chi connectivity index (χ0n) is 20.6. The lowest BCUT2D eigenvalue weighted by atomic mass is 10.0. The highest BCUT2D eigenvalue weighted by atomic mass is 28.3. The quantitative estimate of drug-likeness (QED) is 0.201. The first-order chi connectivity index (χ1) is 16.7. The summed E-state index contributed by atoms with van der Waals surface area (Å²) in [6.07, 6.45) is -6.31. The minimum atomic E-state index is -5.18. The molecule has 0 bridgehead atoms. The second-order valence-corrected chi connectivity index (χ2v) is 15.2. The van der Waals surface area contributed by atoms with E-state index in [9.17, 15) is 31.5 Å². The van der Waals surface area contributed by atoms with Gasteiger partial charge in [0.1, 0.15) is 29.8 Å². The molecule has 0 aliphatic rings. The number of hydrogen-bond donors (Lipinski definition) is 0. The van der Waals surface area contributed by atoms with Gasteiger partial charge in [0.05, 0.1) is 6.61 Å². The molecule has 0 heterocycles.